The fourth-order valence-electron chi connectivity index (χ4n) is 2.70. The second-order valence-corrected chi connectivity index (χ2v) is 5.96. The summed E-state index contributed by atoms with van der Waals surface area (Å²) < 4.78 is 10.00. The third-order valence-electron chi connectivity index (χ3n) is 4.03. The van der Waals surface area contributed by atoms with Gasteiger partial charge in [-0.3, -0.25) is 14.0 Å². The van der Waals surface area contributed by atoms with Gasteiger partial charge >= 0.3 is 5.69 Å². The Bertz CT molecular complexity index is 902. The van der Waals surface area contributed by atoms with Gasteiger partial charge in [0.1, 0.15) is 6.54 Å². The van der Waals surface area contributed by atoms with Crippen molar-refractivity contribution in [1.29, 1.82) is 0 Å². The largest absolute Gasteiger partial charge is 0.461 e. The summed E-state index contributed by atoms with van der Waals surface area (Å²) in [5, 5.41) is 11.1. The Morgan fingerprint density at radius 3 is 2.92 bits per heavy atom. The standard InChI is InChI=1S/C16H18N6O3/c23-14(11-20-8-2-6-18-20)17-7-9-21-16(24)22(12-4-5-12)15(19-21)13-3-1-10-25-13/h1-3,6,8,10,12H,4-5,7,9,11H2,(H,17,23). The lowest BCUT2D eigenvalue weighted by Crippen LogP contribution is -2.33. The minimum Gasteiger partial charge on any atom is -0.461 e. The van der Waals surface area contributed by atoms with E-state index in [1.165, 1.54) is 4.68 Å². The minimum absolute atomic E-state index is 0.149. The molecule has 0 radical (unpaired) electrons. The molecule has 0 aliphatic heterocycles. The maximum Gasteiger partial charge on any atom is 0.346 e. The Balaban J connectivity index is 1.43. The third kappa shape index (κ3) is 3.25. The number of hydrogen-bond donors (Lipinski definition) is 1. The van der Waals surface area contributed by atoms with Crippen LogP contribution in [-0.2, 0) is 17.9 Å². The zero-order chi connectivity index (χ0) is 17.2. The lowest BCUT2D eigenvalue weighted by molar-refractivity contribution is -0.121. The van der Waals surface area contributed by atoms with Crippen LogP contribution in [-0.4, -0.2) is 36.6 Å². The normalized spacial score (nSPS) is 13.9. The summed E-state index contributed by atoms with van der Waals surface area (Å²) in [5.74, 6) is 0.954. The average molecular weight is 342 g/mol. The van der Waals surface area contributed by atoms with Crippen LogP contribution in [0.25, 0.3) is 11.6 Å². The summed E-state index contributed by atoms with van der Waals surface area (Å²) in [5.41, 5.74) is -0.171. The molecule has 3 aromatic heterocycles. The number of furan rings is 1. The Labute approximate surface area is 142 Å². The van der Waals surface area contributed by atoms with Gasteiger partial charge in [0, 0.05) is 25.0 Å². The molecule has 3 heterocycles. The number of nitrogens with one attached hydrogen (secondary N) is 1. The van der Waals surface area contributed by atoms with Gasteiger partial charge in [0.15, 0.2) is 5.76 Å². The second kappa shape index (κ2) is 6.42. The van der Waals surface area contributed by atoms with Crippen molar-refractivity contribution >= 4 is 5.91 Å². The van der Waals surface area contributed by atoms with Crippen LogP contribution >= 0.6 is 0 Å². The fraction of sp³-hybridized carbons (Fsp3) is 0.375. The van der Waals surface area contributed by atoms with Crippen molar-refractivity contribution in [2.24, 2.45) is 0 Å². The molecule has 9 heteroatoms. The summed E-state index contributed by atoms with van der Waals surface area (Å²) in [6.45, 7) is 0.770. The molecule has 1 fully saturated rings. The summed E-state index contributed by atoms with van der Waals surface area (Å²) >= 11 is 0. The zero-order valence-electron chi connectivity index (χ0n) is 13.5. The number of nitrogens with zero attached hydrogens (tertiary/aromatic N) is 5. The van der Waals surface area contributed by atoms with Crippen molar-refractivity contribution < 1.29 is 9.21 Å². The first-order chi connectivity index (χ1) is 12.2. The molecule has 1 N–H and O–H groups in total. The van der Waals surface area contributed by atoms with E-state index in [9.17, 15) is 9.59 Å². The molecule has 9 nitrogen and oxygen atoms in total. The highest BCUT2D eigenvalue weighted by Crippen LogP contribution is 2.36. The molecule has 0 unspecified atom stereocenters. The number of hydrogen-bond acceptors (Lipinski definition) is 5. The number of carbonyl (C=O) groups is 1. The predicted molar refractivity (Wildman–Crippen MR) is 87.7 cm³/mol. The molecule has 0 saturated heterocycles. The number of carbonyl (C=O) groups excluding carboxylic acids is 1. The van der Waals surface area contributed by atoms with Crippen molar-refractivity contribution in [2.75, 3.05) is 6.54 Å². The van der Waals surface area contributed by atoms with E-state index in [0.717, 1.165) is 12.8 Å². The monoisotopic (exact) mass is 342 g/mol. The van der Waals surface area contributed by atoms with Gasteiger partial charge in [0.2, 0.25) is 11.7 Å². The first-order valence-electron chi connectivity index (χ1n) is 8.20. The van der Waals surface area contributed by atoms with E-state index < -0.39 is 0 Å². The molecule has 1 aliphatic rings. The van der Waals surface area contributed by atoms with Crippen molar-refractivity contribution in [2.45, 2.75) is 32.0 Å². The second-order valence-electron chi connectivity index (χ2n) is 5.96. The zero-order valence-corrected chi connectivity index (χ0v) is 13.5. The van der Waals surface area contributed by atoms with Crippen molar-refractivity contribution in [3.63, 3.8) is 0 Å². The van der Waals surface area contributed by atoms with Gasteiger partial charge in [-0.15, -0.1) is 5.10 Å². The molecule has 0 bridgehead atoms. The maximum atomic E-state index is 12.6. The minimum atomic E-state index is -0.171. The van der Waals surface area contributed by atoms with Gasteiger partial charge in [-0.05, 0) is 31.0 Å². The van der Waals surface area contributed by atoms with Crippen LogP contribution in [0.3, 0.4) is 0 Å². The first kappa shape index (κ1) is 15.4. The molecule has 130 valence electrons. The van der Waals surface area contributed by atoms with Crippen molar-refractivity contribution in [3.8, 4) is 11.6 Å². The lowest BCUT2D eigenvalue weighted by atomic mass is 10.4. The Morgan fingerprint density at radius 2 is 2.24 bits per heavy atom. The average Bonchev–Trinajstić information content (AvgIpc) is 3.02. The maximum absolute atomic E-state index is 12.6. The highest BCUT2D eigenvalue weighted by molar-refractivity contribution is 5.75. The Hall–Kier alpha value is -3.10. The third-order valence-corrected chi connectivity index (χ3v) is 4.03. The number of rotatable bonds is 7. The smallest absolute Gasteiger partial charge is 0.346 e. The molecule has 25 heavy (non-hydrogen) atoms. The summed E-state index contributed by atoms with van der Waals surface area (Å²) in [4.78, 5) is 24.5. The summed E-state index contributed by atoms with van der Waals surface area (Å²) in [6.07, 6.45) is 6.84. The van der Waals surface area contributed by atoms with Gasteiger partial charge in [-0.1, -0.05) is 0 Å². The van der Waals surface area contributed by atoms with E-state index >= 15 is 0 Å². The highest BCUT2D eigenvalue weighted by atomic mass is 16.3. The topological polar surface area (TPSA) is 99.9 Å². The Morgan fingerprint density at radius 1 is 1.36 bits per heavy atom. The van der Waals surface area contributed by atoms with Gasteiger partial charge in [0.05, 0.1) is 12.8 Å². The van der Waals surface area contributed by atoms with E-state index in [4.69, 9.17) is 4.42 Å². The molecule has 1 saturated carbocycles. The van der Waals surface area contributed by atoms with Gasteiger partial charge in [0.25, 0.3) is 0 Å². The van der Waals surface area contributed by atoms with Gasteiger partial charge < -0.3 is 9.73 Å². The van der Waals surface area contributed by atoms with Crippen LogP contribution < -0.4 is 11.0 Å². The molecule has 0 atom stereocenters. The van der Waals surface area contributed by atoms with Crippen LogP contribution in [0, 0.1) is 0 Å². The SMILES string of the molecule is O=C(Cn1cccn1)NCCn1nc(-c2ccco2)n(C2CC2)c1=O. The fourth-order valence-corrected chi connectivity index (χ4v) is 2.70. The molecule has 0 aromatic carbocycles. The Kier molecular flexibility index (Phi) is 3.96. The molecule has 0 spiro atoms. The van der Waals surface area contributed by atoms with Crippen LogP contribution in [0.4, 0.5) is 0 Å². The first-order valence-corrected chi connectivity index (χ1v) is 8.20. The van der Waals surface area contributed by atoms with E-state index in [0.29, 0.717) is 24.7 Å². The molecule has 1 amide bonds. The van der Waals surface area contributed by atoms with Crippen LogP contribution in [0.5, 0.6) is 0 Å². The molecular weight excluding hydrogens is 324 g/mol. The highest BCUT2D eigenvalue weighted by Gasteiger charge is 2.31. The molecule has 3 aromatic rings. The van der Waals surface area contributed by atoms with Crippen LogP contribution in [0.2, 0.25) is 0 Å². The van der Waals surface area contributed by atoms with Crippen molar-refractivity contribution in [3.05, 3.63) is 47.3 Å². The summed E-state index contributed by atoms with van der Waals surface area (Å²) in [7, 11) is 0. The lowest BCUT2D eigenvalue weighted by Gasteiger charge is -2.04. The quantitative estimate of drug-likeness (QED) is 0.680. The number of aromatic nitrogens is 5. The van der Waals surface area contributed by atoms with Crippen molar-refractivity contribution in [1.82, 2.24) is 29.4 Å². The molecule has 1 aliphatic carbocycles. The van der Waals surface area contributed by atoms with Gasteiger partial charge in [-0.25, -0.2) is 9.48 Å². The van der Waals surface area contributed by atoms with E-state index in [1.807, 2.05) is 0 Å². The summed E-state index contributed by atoms with van der Waals surface area (Å²) in [6, 6.07) is 5.51. The van der Waals surface area contributed by atoms with Crippen LogP contribution in [0.15, 0.2) is 46.1 Å². The predicted octanol–water partition coefficient (Wildman–Crippen LogP) is 0.653. The van der Waals surface area contributed by atoms with Crippen LogP contribution in [0.1, 0.15) is 18.9 Å². The van der Waals surface area contributed by atoms with E-state index in [1.54, 1.807) is 46.1 Å². The van der Waals surface area contributed by atoms with Gasteiger partial charge in [-0.2, -0.15) is 5.10 Å². The van der Waals surface area contributed by atoms with E-state index in [-0.39, 0.29) is 24.2 Å². The van der Waals surface area contributed by atoms with E-state index in [2.05, 4.69) is 15.5 Å². The molecular formula is C16H18N6O3. The number of amides is 1. The molecule has 4 rings (SSSR count).